The van der Waals surface area contributed by atoms with Gasteiger partial charge in [0.25, 0.3) is 0 Å². The van der Waals surface area contributed by atoms with Gasteiger partial charge in [0.1, 0.15) is 11.5 Å². The van der Waals surface area contributed by atoms with Gasteiger partial charge in [-0.2, -0.15) is 0 Å². The van der Waals surface area contributed by atoms with Crippen LogP contribution in [0.3, 0.4) is 0 Å². The summed E-state index contributed by atoms with van der Waals surface area (Å²) in [4.78, 5) is 23.0. The lowest BCUT2D eigenvalue weighted by Crippen LogP contribution is -2.12. The van der Waals surface area contributed by atoms with E-state index in [9.17, 15) is 9.59 Å². The fourth-order valence-corrected chi connectivity index (χ4v) is 1.62. The van der Waals surface area contributed by atoms with Crippen LogP contribution in [-0.2, 0) is 4.79 Å². The largest absolute Gasteiger partial charge is 0.457 e. The Labute approximate surface area is 111 Å². The molecule has 0 unspecified atom stereocenters. The Morgan fingerprint density at radius 1 is 0.895 bits per heavy atom. The lowest BCUT2D eigenvalue weighted by Gasteiger charge is -2.05. The fraction of sp³-hybridized carbons (Fsp3) is 0.125. The van der Waals surface area contributed by atoms with Gasteiger partial charge in [-0.3, -0.25) is 9.59 Å². The lowest BCUT2D eigenvalue weighted by molar-refractivity contribution is -0.114. The molecule has 0 aliphatic carbocycles. The van der Waals surface area contributed by atoms with Crippen LogP contribution in [0.1, 0.15) is 23.7 Å². The molecule has 0 spiro atoms. The third-order valence-electron chi connectivity index (χ3n) is 2.67. The second-order valence-corrected chi connectivity index (χ2v) is 4.05. The minimum Gasteiger partial charge on any atom is -0.457 e. The molecule has 3 heteroatoms. The highest BCUT2D eigenvalue weighted by Crippen LogP contribution is 2.21. The van der Waals surface area contributed by atoms with Crippen molar-refractivity contribution < 1.29 is 14.3 Å². The van der Waals surface area contributed by atoms with E-state index in [-0.39, 0.29) is 12.2 Å². The van der Waals surface area contributed by atoms with Crippen LogP contribution < -0.4 is 4.74 Å². The number of Topliss-reactive ketones (excluding diaryl/α,β-unsaturated/α-hetero) is 2. The van der Waals surface area contributed by atoms with E-state index in [2.05, 4.69) is 0 Å². The monoisotopic (exact) mass is 254 g/mol. The molecule has 0 radical (unpaired) electrons. The molecule has 0 saturated heterocycles. The molecular formula is C16H14O3. The van der Waals surface area contributed by atoms with Gasteiger partial charge < -0.3 is 4.74 Å². The zero-order chi connectivity index (χ0) is 13.7. The first-order valence-corrected chi connectivity index (χ1v) is 6.11. The van der Waals surface area contributed by atoms with Crippen molar-refractivity contribution in [1.82, 2.24) is 0 Å². The highest BCUT2D eigenvalue weighted by atomic mass is 16.5. The summed E-state index contributed by atoms with van der Waals surface area (Å²) >= 11 is 0. The first kappa shape index (κ1) is 13.0. The van der Waals surface area contributed by atoms with Gasteiger partial charge in [0.15, 0.2) is 0 Å². The van der Waals surface area contributed by atoms with Crippen LogP contribution in [0.15, 0.2) is 54.6 Å². The lowest BCUT2D eigenvalue weighted by atomic mass is 10.1. The standard InChI is InChI=1S/C16H14O3/c1-2-15(17)16(18)12-8-10-14(11-9-12)19-13-6-4-3-5-7-13/h3-11H,2H2,1H3. The van der Waals surface area contributed by atoms with E-state index in [4.69, 9.17) is 4.74 Å². The second kappa shape index (κ2) is 5.96. The number of hydrogen-bond acceptors (Lipinski definition) is 3. The van der Waals surface area contributed by atoms with Gasteiger partial charge in [-0.15, -0.1) is 0 Å². The maximum atomic E-state index is 11.7. The highest BCUT2D eigenvalue weighted by Gasteiger charge is 2.13. The van der Waals surface area contributed by atoms with Gasteiger partial charge in [0.05, 0.1) is 0 Å². The van der Waals surface area contributed by atoms with Crippen LogP contribution in [-0.4, -0.2) is 11.6 Å². The minimum absolute atomic E-state index is 0.223. The van der Waals surface area contributed by atoms with E-state index in [0.29, 0.717) is 11.3 Å². The third kappa shape index (κ3) is 3.28. The molecule has 0 fully saturated rings. The summed E-state index contributed by atoms with van der Waals surface area (Å²) < 4.78 is 5.60. The number of hydrogen-bond donors (Lipinski definition) is 0. The summed E-state index contributed by atoms with van der Waals surface area (Å²) in [6.45, 7) is 1.67. The Kier molecular flexibility index (Phi) is 4.08. The topological polar surface area (TPSA) is 43.4 Å². The van der Waals surface area contributed by atoms with Crippen LogP contribution in [0.2, 0.25) is 0 Å². The van der Waals surface area contributed by atoms with Crippen molar-refractivity contribution in [2.75, 3.05) is 0 Å². The molecule has 0 atom stereocenters. The number of para-hydroxylation sites is 1. The van der Waals surface area contributed by atoms with Gasteiger partial charge in [0.2, 0.25) is 11.6 Å². The highest BCUT2D eigenvalue weighted by molar-refractivity contribution is 6.43. The molecule has 3 nitrogen and oxygen atoms in total. The summed E-state index contributed by atoms with van der Waals surface area (Å²) in [5.74, 6) is 0.531. The van der Waals surface area contributed by atoms with Crippen molar-refractivity contribution in [1.29, 1.82) is 0 Å². The molecule has 0 aliphatic rings. The van der Waals surface area contributed by atoms with Gasteiger partial charge >= 0.3 is 0 Å². The molecular weight excluding hydrogens is 240 g/mol. The number of carbonyl (C=O) groups is 2. The predicted molar refractivity (Wildman–Crippen MR) is 72.6 cm³/mol. The van der Waals surface area contributed by atoms with Crippen molar-refractivity contribution in [2.45, 2.75) is 13.3 Å². The van der Waals surface area contributed by atoms with E-state index in [1.165, 1.54) is 0 Å². The van der Waals surface area contributed by atoms with Crippen LogP contribution in [0, 0.1) is 0 Å². The Hall–Kier alpha value is -2.42. The number of benzene rings is 2. The summed E-state index contributed by atoms with van der Waals surface area (Å²) in [5.41, 5.74) is 0.396. The Balaban J connectivity index is 2.11. The van der Waals surface area contributed by atoms with E-state index in [1.54, 1.807) is 31.2 Å². The quantitative estimate of drug-likeness (QED) is 0.604. The number of rotatable bonds is 5. The molecule has 2 rings (SSSR count). The van der Waals surface area contributed by atoms with Crippen molar-refractivity contribution in [3.8, 4) is 11.5 Å². The van der Waals surface area contributed by atoms with Crippen LogP contribution in [0.25, 0.3) is 0 Å². The van der Waals surface area contributed by atoms with Gasteiger partial charge in [0, 0.05) is 12.0 Å². The number of ether oxygens (including phenoxy) is 1. The summed E-state index contributed by atoms with van der Waals surface area (Å²) in [7, 11) is 0. The number of ketones is 2. The van der Waals surface area contributed by atoms with E-state index >= 15 is 0 Å². The van der Waals surface area contributed by atoms with Gasteiger partial charge in [-0.05, 0) is 36.4 Å². The molecule has 0 amide bonds. The van der Waals surface area contributed by atoms with Crippen molar-refractivity contribution in [2.24, 2.45) is 0 Å². The first-order chi connectivity index (χ1) is 9.20. The molecule has 0 saturated carbocycles. The minimum atomic E-state index is -0.450. The van der Waals surface area contributed by atoms with E-state index in [1.807, 2.05) is 30.3 Å². The molecule has 0 aliphatic heterocycles. The van der Waals surface area contributed by atoms with E-state index in [0.717, 1.165) is 5.75 Å². The summed E-state index contributed by atoms with van der Waals surface area (Å²) in [6.07, 6.45) is 0.223. The third-order valence-corrected chi connectivity index (χ3v) is 2.67. The number of carbonyl (C=O) groups excluding carboxylic acids is 2. The van der Waals surface area contributed by atoms with Crippen LogP contribution in [0.4, 0.5) is 0 Å². The first-order valence-electron chi connectivity index (χ1n) is 6.11. The molecule has 2 aromatic carbocycles. The maximum Gasteiger partial charge on any atom is 0.228 e. The molecule has 2 aromatic rings. The van der Waals surface area contributed by atoms with E-state index < -0.39 is 5.78 Å². The fourth-order valence-electron chi connectivity index (χ4n) is 1.62. The smallest absolute Gasteiger partial charge is 0.228 e. The zero-order valence-corrected chi connectivity index (χ0v) is 10.6. The molecule has 0 aromatic heterocycles. The SMILES string of the molecule is CCC(=O)C(=O)c1ccc(Oc2ccccc2)cc1. The molecule has 0 heterocycles. The van der Waals surface area contributed by atoms with Gasteiger partial charge in [-0.25, -0.2) is 0 Å². The van der Waals surface area contributed by atoms with Crippen LogP contribution in [0.5, 0.6) is 11.5 Å². The molecule has 19 heavy (non-hydrogen) atoms. The van der Waals surface area contributed by atoms with Crippen LogP contribution >= 0.6 is 0 Å². The summed E-state index contributed by atoms with van der Waals surface area (Å²) in [5, 5.41) is 0. The molecule has 96 valence electrons. The maximum absolute atomic E-state index is 11.7. The Morgan fingerprint density at radius 2 is 1.47 bits per heavy atom. The van der Waals surface area contributed by atoms with Gasteiger partial charge in [-0.1, -0.05) is 25.1 Å². The average molecular weight is 254 g/mol. The van der Waals surface area contributed by atoms with Crippen molar-refractivity contribution >= 4 is 11.6 Å². The molecule has 0 bridgehead atoms. The van der Waals surface area contributed by atoms with Crippen molar-refractivity contribution in [3.05, 3.63) is 60.2 Å². The Morgan fingerprint density at radius 3 is 2.05 bits per heavy atom. The van der Waals surface area contributed by atoms with Crippen molar-refractivity contribution in [3.63, 3.8) is 0 Å². The Bertz CT molecular complexity index is 571. The molecule has 0 N–H and O–H groups in total. The average Bonchev–Trinajstić information content (AvgIpc) is 2.47. The summed E-state index contributed by atoms with van der Waals surface area (Å²) in [6, 6.07) is 15.9. The second-order valence-electron chi connectivity index (χ2n) is 4.05. The predicted octanol–water partition coefficient (Wildman–Crippen LogP) is 3.64. The normalized spacial score (nSPS) is 9.95. The zero-order valence-electron chi connectivity index (χ0n) is 10.6.